The van der Waals surface area contributed by atoms with E-state index in [-0.39, 0.29) is 0 Å². The molecule has 0 saturated heterocycles. The molecular formula is C11H18N2O. The van der Waals surface area contributed by atoms with Crippen LogP contribution >= 0.6 is 0 Å². The molecule has 3 aliphatic carbocycles. The molecule has 78 valence electrons. The largest absolute Gasteiger partial charge is 0.463 e. The third-order valence-corrected chi connectivity index (χ3v) is 4.05. The lowest BCUT2D eigenvalue weighted by Gasteiger charge is -2.47. The molecule has 4 rings (SSSR count). The highest BCUT2D eigenvalue weighted by Gasteiger charge is 2.41. The molecule has 3 fully saturated rings. The van der Waals surface area contributed by atoms with E-state index >= 15 is 0 Å². The average Bonchev–Trinajstić information content (AvgIpc) is 2.72. The van der Waals surface area contributed by atoms with Gasteiger partial charge in [-0.3, -0.25) is 0 Å². The molecule has 0 amide bonds. The molecule has 14 heavy (non-hydrogen) atoms. The van der Waals surface area contributed by atoms with E-state index in [1.165, 1.54) is 38.5 Å². The molecule has 1 aliphatic heterocycles. The van der Waals surface area contributed by atoms with Crippen molar-refractivity contribution in [2.75, 3.05) is 13.2 Å². The summed E-state index contributed by atoms with van der Waals surface area (Å²) >= 11 is 0. The highest BCUT2D eigenvalue weighted by molar-refractivity contribution is 5.75. The van der Waals surface area contributed by atoms with Gasteiger partial charge in [0.2, 0.25) is 0 Å². The van der Waals surface area contributed by atoms with E-state index in [2.05, 4.69) is 10.3 Å². The van der Waals surface area contributed by atoms with E-state index in [1.54, 1.807) is 0 Å². The van der Waals surface area contributed by atoms with E-state index in [0.717, 1.165) is 25.1 Å². The summed E-state index contributed by atoms with van der Waals surface area (Å²) in [5.74, 6) is 1.02. The molecular weight excluding hydrogens is 176 g/mol. The first kappa shape index (κ1) is 8.57. The van der Waals surface area contributed by atoms with E-state index in [0.29, 0.717) is 5.54 Å². The van der Waals surface area contributed by atoms with Crippen molar-refractivity contribution in [2.45, 2.75) is 44.1 Å². The fourth-order valence-corrected chi connectivity index (χ4v) is 3.07. The summed E-state index contributed by atoms with van der Waals surface area (Å²) in [7, 11) is 0. The monoisotopic (exact) mass is 194 g/mol. The van der Waals surface area contributed by atoms with Gasteiger partial charge in [0.1, 0.15) is 6.61 Å². The summed E-state index contributed by atoms with van der Waals surface area (Å²) in [6.07, 6.45) is 8.17. The van der Waals surface area contributed by atoms with Gasteiger partial charge in [0.25, 0.3) is 6.02 Å². The third-order valence-electron chi connectivity index (χ3n) is 4.05. The number of nitrogens with one attached hydrogen (secondary N) is 1. The second-order valence-electron chi connectivity index (χ2n) is 4.92. The van der Waals surface area contributed by atoms with Crippen molar-refractivity contribution < 1.29 is 4.74 Å². The summed E-state index contributed by atoms with van der Waals surface area (Å²) in [4.78, 5) is 4.32. The maximum Gasteiger partial charge on any atom is 0.285 e. The van der Waals surface area contributed by atoms with Gasteiger partial charge in [-0.25, -0.2) is 4.99 Å². The van der Waals surface area contributed by atoms with Crippen LogP contribution in [0.1, 0.15) is 38.5 Å². The van der Waals surface area contributed by atoms with Crippen LogP contribution in [0.15, 0.2) is 4.99 Å². The minimum Gasteiger partial charge on any atom is -0.463 e. The molecule has 2 bridgehead atoms. The van der Waals surface area contributed by atoms with Crippen molar-refractivity contribution in [1.82, 2.24) is 5.32 Å². The number of rotatable bonds is 1. The first-order chi connectivity index (χ1) is 6.86. The first-order valence-corrected chi connectivity index (χ1v) is 5.82. The first-order valence-electron chi connectivity index (χ1n) is 5.82. The standard InChI is InChI=1S/C11H18N2O/c1-4-11(5-2-9(1)3-6-11)13-10-12-7-8-14-10/h9H,1-8H2,(H,12,13). The lowest BCUT2D eigenvalue weighted by atomic mass is 9.66. The Kier molecular flexibility index (Phi) is 1.92. The fourth-order valence-electron chi connectivity index (χ4n) is 3.07. The Labute approximate surface area is 84.9 Å². The second kappa shape index (κ2) is 3.14. The molecule has 0 unspecified atom stereocenters. The van der Waals surface area contributed by atoms with Gasteiger partial charge >= 0.3 is 0 Å². The van der Waals surface area contributed by atoms with Crippen LogP contribution in [0, 0.1) is 5.92 Å². The van der Waals surface area contributed by atoms with Gasteiger partial charge in [-0.1, -0.05) is 0 Å². The summed E-state index contributed by atoms with van der Waals surface area (Å²) in [6, 6.07) is 0.811. The van der Waals surface area contributed by atoms with Crippen LogP contribution in [0.25, 0.3) is 0 Å². The van der Waals surface area contributed by atoms with Crippen molar-refractivity contribution in [3.63, 3.8) is 0 Å². The molecule has 3 saturated carbocycles. The fraction of sp³-hybridized carbons (Fsp3) is 0.909. The van der Waals surface area contributed by atoms with Crippen LogP contribution < -0.4 is 5.32 Å². The molecule has 0 aromatic carbocycles. The highest BCUT2D eigenvalue weighted by Crippen LogP contribution is 2.44. The van der Waals surface area contributed by atoms with Crippen molar-refractivity contribution >= 4 is 6.02 Å². The van der Waals surface area contributed by atoms with Gasteiger partial charge in [0.05, 0.1) is 6.54 Å². The van der Waals surface area contributed by atoms with E-state index in [4.69, 9.17) is 4.74 Å². The normalized spacial score (nSPS) is 40.6. The molecule has 3 nitrogen and oxygen atoms in total. The van der Waals surface area contributed by atoms with Crippen LogP contribution in [0.3, 0.4) is 0 Å². The molecule has 4 aliphatic rings. The van der Waals surface area contributed by atoms with Gasteiger partial charge in [-0.05, 0) is 44.4 Å². The van der Waals surface area contributed by atoms with E-state index in [1.807, 2.05) is 0 Å². The van der Waals surface area contributed by atoms with Gasteiger partial charge in [-0.2, -0.15) is 0 Å². The molecule has 0 aromatic heterocycles. The van der Waals surface area contributed by atoms with Crippen LogP contribution in [0.5, 0.6) is 0 Å². The molecule has 3 heteroatoms. The quantitative estimate of drug-likeness (QED) is 0.689. The number of amidine groups is 1. The van der Waals surface area contributed by atoms with Gasteiger partial charge in [-0.15, -0.1) is 0 Å². The molecule has 1 N–H and O–H groups in total. The molecule has 1 heterocycles. The average molecular weight is 194 g/mol. The minimum absolute atomic E-state index is 0.345. The summed E-state index contributed by atoms with van der Waals surface area (Å²) in [5.41, 5.74) is 0.345. The van der Waals surface area contributed by atoms with E-state index in [9.17, 15) is 0 Å². The van der Waals surface area contributed by atoms with Crippen LogP contribution in [-0.4, -0.2) is 24.7 Å². The van der Waals surface area contributed by atoms with Crippen LogP contribution in [0.2, 0.25) is 0 Å². The number of hydrogen-bond acceptors (Lipinski definition) is 3. The zero-order chi connectivity index (χ0) is 9.43. The number of fused-ring (bicyclic) bond motifs is 3. The van der Waals surface area contributed by atoms with Gasteiger partial charge in [0.15, 0.2) is 0 Å². The predicted molar refractivity (Wildman–Crippen MR) is 55.3 cm³/mol. The molecule has 0 radical (unpaired) electrons. The summed E-state index contributed by atoms with van der Waals surface area (Å²) < 4.78 is 5.44. The van der Waals surface area contributed by atoms with Crippen molar-refractivity contribution in [1.29, 1.82) is 0 Å². The number of nitrogens with zero attached hydrogens (tertiary/aromatic N) is 1. The SMILES string of the molecule is C1COC(NC23CCC(CC2)CC3)=N1. The maximum atomic E-state index is 5.44. The second-order valence-corrected chi connectivity index (χ2v) is 4.92. The Bertz CT molecular complexity index is 240. The van der Waals surface area contributed by atoms with Crippen molar-refractivity contribution in [2.24, 2.45) is 10.9 Å². The molecule has 0 atom stereocenters. The predicted octanol–water partition coefficient (Wildman–Crippen LogP) is 1.68. The lowest BCUT2D eigenvalue weighted by molar-refractivity contribution is 0.116. The van der Waals surface area contributed by atoms with Crippen molar-refractivity contribution in [3.05, 3.63) is 0 Å². The Balaban J connectivity index is 1.69. The Hall–Kier alpha value is -0.730. The van der Waals surface area contributed by atoms with Gasteiger partial charge in [0, 0.05) is 5.54 Å². The topological polar surface area (TPSA) is 33.6 Å². The number of ether oxygens (including phenoxy) is 1. The summed E-state index contributed by atoms with van der Waals surface area (Å²) in [6.45, 7) is 1.60. The smallest absolute Gasteiger partial charge is 0.285 e. The minimum atomic E-state index is 0.345. The van der Waals surface area contributed by atoms with Crippen LogP contribution in [0.4, 0.5) is 0 Å². The number of aliphatic imine (C=N–C) groups is 1. The van der Waals surface area contributed by atoms with Gasteiger partial charge < -0.3 is 10.1 Å². The third kappa shape index (κ3) is 1.39. The summed E-state index contributed by atoms with van der Waals surface area (Å²) in [5, 5.41) is 3.55. The zero-order valence-corrected chi connectivity index (χ0v) is 8.59. The molecule has 0 aromatic rings. The molecule has 0 spiro atoms. The van der Waals surface area contributed by atoms with E-state index < -0.39 is 0 Å². The Morgan fingerprint density at radius 2 is 1.93 bits per heavy atom. The zero-order valence-electron chi connectivity index (χ0n) is 8.59. The number of hydrogen-bond donors (Lipinski definition) is 1. The Morgan fingerprint density at radius 1 is 1.21 bits per heavy atom. The highest BCUT2D eigenvalue weighted by atomic mass is 16.5. The van der Waals surface area contributed by atoms with Crippen molar-refractivity contribution in [3.8, 4) is 0 Å². The van der Waals surface area contributed by atoms with Crippen LogP contribution in [-0.2, 0) is 4.74 Å². The lowest BCUT2D eigenvalue weighted by Crippen LogP contribution is -2.53. The maximum absolute atomic E-state index is 5.44. The Morgan fingerprint density at radius 3 is 2.50 bits per heavy atom.